The number of hydrogen-bond donors (Lipinski definition) is 0. The van der Waals surface area contributed by atoms with Crippen molar-refractivity contribution in [2.24, 2.45) is 0 Å². The van der Waals surface area contributed by atoms with Gasteiger partial charge in [-0.05, 0) is 69.8 Å². The van der Waals surface area contributed by atoms with E-state index < -0.39 is 0 Å². The number of rotatable bonds is 2. The summed E-state index contributed by atoms with van der Waals surface area (Å²) in [6, 6.07) is 11.1. The van der Waals surface area contributed by atoms with Crippen LogP contribution in [0.15, 0.2) is 54.3 Å². The number of halogens is 4. The molecule has 0 N–H and O–H groups in total. The summed E-state index contributed by atoms with van der Waals surface area (Å²) in [6.07, 6.45) is 0. The highest BCUT2D eigenvalue weighted by Crippen LogP contribution is 2.38. The summed E-state index contributed by atoms with van der Waals surface area (Å²) < 4.78 is 3.14. The van der Waals surface area contributed by atoms with Gasteiger partial charge in [0, 0.05) is 23.5 Å². The van der Waals surface area contributed by atoms with Crippen LogP contribution in [0, 0.1) is 0 Å². The Morgan fingerprint density at radius 3 is 1.83 bits per heavy atom. The van der Waals surface area contributed by atoms with Crippen molar-refractivity contribution in [3.8, 4) is 0 Å². The summed E-state index contributed by atoms with van der Waals surface area (Å²) in [5, 5.41) is 0. The molecule has 0 aliphatic carbocycles. The lowest BCUT2D eigenvalue weighted by Gasteiger charge is -2.10. The van der Waals surface area contributed by atoms with Gasteiger partial charge in [0.1, 0.15) is 0 Å². The molecular formula is C13H6Br4O. The van der Waals surface area contributed by atoms with Crippen LogP contribution in [-0.2, 0) is 0 Å². The number of benzene rings is 2. The predicted molar refractivity (Wildman–Crippen MR) is 87.1 cm³/mol. The van der Waals surface area contributed by atoms with Crippen LogP contribution in [-0.4, -0.2) is 5.78 Å². The molecule has 0 fully saturated rings. The van der Waals surface area contributed by atoms with Crippen molar-refractivity contribution in [2.45, 2.75) is 0 Å². The molecule has 0 unspecified atom stereocenters. The molecule has 0 aliphatic rings. The van der Waals surface area contributed by atoms with Crippen molar-refractivity contribution in [3.63, 3.8) is 0 Å². The van der Waals surface area contributed by atoms with Gasteiger partial charge in [-0.15, -0.1) is 0 Å². The normalized spacial score (nSPS) is 10.4. The van der Waals surface area contributed by atoms with Crippen LogP contribution in [0.1, 0.15) is 15.9 Å². The molecule has 92 valence electrons. The van der Waals surface area contributed by atoms with E-state index in [0.717, 1.165) is 17.9 Å². The maximum Gasteiger partial charge on any atom is 0.195 e. The van der Waals surface area contributed by atoms with E-state index in [1.807, 2.05) is 24.3 Å². The van der Waals surface area contributed by atoms with Crippen LogP contribution in [0.2, 0.25) is 0 Å². The van der Waals surface area contributed by atoms with E-state index in [0.29, 0.717) is 11.1 Å². The average molecular weight is 498 g/mol. The third kappa shape index (κ3) is 2.79. The minimum absolute atomic E-state index is 0.0312. The van der Waals surface area contributed by atoms with Gasteiger partial charge in [-0.2, -0.15) is 0 Å². The minimum Gasteiger partial charge on any atom is -0.289 e. The summed E-state index contributed by atoms with van der Waals surface area (Å²) in [6.45, 7) is 0. The second-order valence-corrected chi connectivity index (χ2v) is 6.83. The number of hydrogen-bond acceptors (Lipinski definition) is 1. The van der Waals surface area contributed by atoms with E-state index in [1.54, 1.807) is 12.1 Å². The summed E-state index contributed by atoms with van der Waals surface area (Å²) in [4.78, 5) is 12.5. The van der Waals surface area contributed by atoms with Gasteiger partial charge in [0.25, 0.3) is 0 Å². The molecular weight excluding hydrogens is 492 g/mol. The molecule has 0 radical (unpaired) electrons. The molecule has 0 aliphatic heterocycles. The highest BCUT2D eigenvalue weighted by Gasteiger charge is 2.20. The zero-order valence-electron chi connectivity index (χ0n) is 8.88. The smallest absolute Gasteiger partial charge is 0.195 e. The van der Waals surface area contributed by atoms with E-state index in [4.69, 9.17) is 0 Å². The Hall–Kier alpha value is 0.0300. The molecule has 0 aromatic heterocycles. The topological polar surface area (TPSA) is 17.1 Å². The fourth-order valence-corrected chi connectivity index (χ4v) is 3.92. The first-order chi connectivity index (χ1) is 8.52. The first-order valence-electron chi connectivity index (χ1n) is 4.95. The van der Waals surface area contributed by atoms with Gasteiger partial charge in [0.15, 0.2) is 5.78 Å². The SMILES string of the molecule is O=C(c1ccccc1)c1c(Br)c(Br)cc(Br)c1Br. The molecule has 18 heavy (non-hydrogen) atoms. The maximum absolute atomic E-state index is 12.5. The lowest BCUT2D eigenvalue weighted by Crippen LogP contribution is -2.04. The zero-order chi connectivity index (χ0) is 13.3. The van der Waals surface area contributed by atoms with Crippen molar-refractivity contribution < 1.29 is 4.79 Å². The average Bonchev–Trinajstić information content (AvgIpc) is 2.37. The quantitative estimate of drug-likeness (QED) is 0.369. The van der Waals surface area contributed by atoms with E-state index in [1.165, 1.54) is 0 Å². The van der Waals surface area contributed by atoms with Crippen LogP contribution in [0.5, 0.6) is 0 Å². The standard InChI is InChI=1S/C13H6Br4O/c14-8-6-9(15)12(17)10(11(8)16)13(18)7-4-2-1-3-5-7/h1-6H. The second-order valence-electron chi connectivity index (χ2n) is 3.54. The van der Waals surface area contributed by atoms with Gasteiger partial charge in [-0.1, -0.05) is 30.3 Å². The molecule has 0 saturated heterocycles. The predicted octanol–water partition coefficient (Wildman–Crippen LogP) is 5.97. The molecule has 0 amide bonds. The fourth-order valence-electron chi connectivity index (χ4n) is 1.51. The van der Waals surface area contributed by atoms with E-state index in [2.05, 4.69) is 63.7 Å². The van der Waals surface area contributed by atoms with E-state index >= 15 is 0 Å². The van der Waals surface area contributed by atoms with Gasteiger partial charge < -0.3 is 0 Å². The minimum atomic E-state index is -0.0312. The molecule has 0 bridgehead atoms. The Labute approximate surface area is 138 Å². The first-order valence-corrected chi connectivity index (χ1v) is 8.12. The van der Waals surface area contributed by atoms with Gasteiger partial charge >= 0.3 is 0 Å². The Balaban J connectivity index is 2.62. The third-order valence-corrected chi connectivity index (χ3v) is 6.34. The maximum atomic E-state index is 12.5. The summed E-state index contributed by atoms with van der Waals surface area (Å²) in [5.74, 6) is -0.0312. The Kier molecular flexibility index (Phi) is 4.80. The monoisotopic (exact) mass is 494 g/mol. The molecule has 0 atom stereocenters. The molecule has 1 nitrogen and oxygen atoms in total. The highest BCUT2D eigenvalue weighted by molar-refractivity contribution is 9.14. The lowest BCUT2D eigenvalue weighted by molar-refractivity contribution is 0.103. The van der Waals surface area contributed by atoms with Gasteiger partial charge in [0.2, 0.25) is 0 Å². The molecule has 2 rings (SSSR count). The van der Waals surface area contributed by atoms with Crippen molar-refractivity contribution in [1.29, 1.82) is 0 Å². The van der Waals surface area contributed by atoms with Crippen LogP contribution in [0.3, 0.4) is 0 Å². The summed E-state index contributed by atoms with van der Waals surface area (Å²) >= 11 is 13.7. The van der Waals surface area contributed by atoms with Gasteiger partial charge in [-0.3, -0.25) is 4.79 Å². The molecule has 5 heteroatoms. The van der Waals surface area contributed by atoms with Crippen molar-refractivity contribution in [1.82, 2.24) is 0 Å². The Morgan fingerprint density at radius 1 is 0.833 bits per heavy atom. The molecule has 2 aromatic rings. The van der Waals surface area contributed by atoms with Crippen molar-refractivity contribution in [3.05, 3.63) is 65.4 Å². The van der Waals surface area contributed by atoms with Crippen LogP contribution < -0.4 is 0 Å². The zero-order valence-corrected chi connectivity index (χ0v) is 15.2. The van der Waals surface area contributed by atoms with Crippen molar-refractivity contribution in [2.75, 3.05) is 0 Å². The number of carbonyl (C=O) groups is 1. The van der Waals surface area contributed by atoms with E-state index in [9.17, 15) is 4.79 Å². The first kappa shape index (κ1) is 14.4. The fraction of sp³-hybridized carbons (Fsp3) is 0. The number of carbonyl (C=O) groups excluding carboxylic acids is 1. The molecule has 0 heterocycles. The van der Waals surface area contributed by atoms with Crippen LogP contribution >= 0.6 is 63.7 Å². The van der Waals surface area contributed by atoms with E-state index in [-0.39, 0.29) is 5.78 Å². The van der Waals surface area contributed by atoms with Gasteiger partial charge in [-0.25, -0.2) is 0 Å². The lowest BCUT2D eigenvalue weighted by atomic mass is 10.0. The highest BCUT2D eigenvalue weighted by atomic mass is 79.9. The Bertz CT molecular complexity index is 582. The number of ketones is 1. The summed E-state index contributed by atoms with van der Waals surface area (Å²) in [5.41, 5.74) is 1.26. The second kappa shape index (κ2) is 5.99. The third-order valence-electron chi connectivity index (χ3n) is 2.37. The Morgan fingerprint density at radius 2 is 1.33 bits per heavy atom. The summed E-state index contributed by atoms with van der Waals surface area (Å²) in [7, 11) is 0. The van der Waals surface area contributed by atoms with Crippen molar-refractivity contribution >= 4 is 69.5 Å². The molecule has 0 spiro atoms. The van der Waals surface area contributed by atoms with Crippen LogP contribution in [0.4, 0.5) is 0 Å². The molecule has 0 saturated carbocycles. The largest absolute Gasteiger partial charge is 0.289 e. The van der Waals surface area contributed by atoms with Gasteiger partial charge in [0.05, 0.1) is 5.56 Å². The van der Waals surface area contributed by atoms with Crippen LogP contribution in [0.25, 0.3) is 0 Å². The molecule has 2 aromatic carbocycles.